The topological polar surface area (TPSA) is 47.3 Å². The van der Waals surface area contributed by atoms with E-state index >= 15 is 0 Å². The fraction of sp³-hybridized carbons (Fsp3) is 0.500. The van der Waals surface area contributed by atoms with Gasteiger partial charge in [0.2, 0.25) is 0 Å². The Hall–Kier alpha value is -0.490. The summed E-state index contributed by atoms with van der Waals surface area (Å²) in [5, 5.41) is 0. The molecule has 1 atom stereocenters. The molecule has 0 aromatic carbocycles. The van der Waals surface area contributed by atoms with Crippen LogP contribution in [0.15, 0.2) is 17.9 Å². The second kappa shape index (κ2) is 5.02. The van der Waals surface area contributed by atoms with E-state index < -0.39 is 0 Å². The van der Waals surface area contributed by atoms with E-state index in [1.165, 1.54) is 27.5 Å². The van der Waals surface area contributed by atoms with Gasteiger partial charge in [0, 0.05) is 21.9 Å². The maximum Gasteiger partial charge on any atom is 0.116 e. The Balaban J connectivity index is 1.88. The van der Waals surface area contributed by atoms with E-state index in [2.05, 4.69) is 17.6 Å². The molecule has 3 nitrogen and oxygen atoms in total. The molecule has 5 heteroatoms. The number of hydrogen-bond donors (Lipinski definition) is 2. The molecule has 17 heavy (non-hydrogen) atoms. The summed E-state index contributed by atoms with van der Waals surface area (Å²) < 4.78 is 5.61. The first kappa shape index (κ1) is 11.6. The SMILES string of the molecule is NNC(C1=CCCO1)c1cc2c(s1)CCSC2. The summed E-state index contributed by atoms with van der Waals surface area (Å²) in [6.07, 6.45) is 4.33. The average Bonchev–Trinajstić information content (AvgIpc) is 2.98. The van der Waals surface area contributed by atoms with E-state index in [1.54, 1.807) is 0 Å². The summed E-state index contributed by atoms with van der Waals surface area (Å²) in [5.74, 6) is 9.04. The van der Waals surface area contributed by atoms with Crippen LogP contribution in [0.3, 0.4) is 0 Å². The van der Waals surface area contributed by atoms with E-state index in [0.29, 0.717) is 0 Å². The minimum atomic E-state index is 0.0399. The molecule has 3 rings (SSSR count). The van der Waals surface area contributed by atoms with Gasteiger partial charge in [0.15, 0.2) is 0 Å². The highest BCUT2D eigenvalue weighted by molar-refractivity contribution is 7.98. The van der Waals surface area contributed by atoms with Gasteiger partial charge in [-0.3, -0.25) is 5.84 Å². The average molecular weight is 268 g/mol. The van der Waals surface area contributed by atoms with Crippen LogP contribution in [-0.2, 0) is 16.9 Å². The zero-order valence-corrected chi connectivity index (χ0v) is 11.2. The number of thiophene rings is 1. The summed E-state index contributed by atoms with van der Waals surface area (Å²) in [4.78, 5) is 2.81. The van der Waals surface area contributed by atoms with Gasteiger partial charge in [-0.25, -0.2) is 5.43 Å². The van der Waals surface area contributed by atoms with E-state index in [0.717, 1.165) is 24.5 Å². The Kier molecular flexibility index (Phi) is 3.42. The van der Waals surface area contributed by atoms with Gasteiger partial charge in [-0.15, -0.1) is 11.3 Å². The monoisotopic (exact) mass is 268 g/mol. The lowest BCUT2D eigenvalue weighted by Crippen LogP contribution is -2.29. The van der Waals surface area contributed by atoms with E-state index in [4.69, 9.17) is 10.6 Å². The summed E-state index contributed by atoms with van der Waals surface area (Å²) >= 11 is 3.89. The zero-order valence-electron chi connectivity index (χ0n) is 9.57. The number of aryl methyl sites for hydroxylation is 1. The highest BCUT2D eigenvalue weighted by Gasteiger charge is 2.23. The summed E-state index contributed by atoms with van der Waals surface area (Å²) in [6, 6.07) is 2.33. The van der Waals surface area contributed by atoms with Crippen molar-refractivity contribution in [3.8, 4) is 0 Å². The smallest absolute Gasteiger partial charge is 0.116 e. The first-order valence-electron chi connectivity index (χ1n) is 5.86. The van der Waals surface area contributed by atoms with Crippen LogP contribution in [0.4, 0.5) is 0 Å². The van der Waals surface area contributed by atoms with Gasteiger partial charge < -0.3 is 4.74 Å². The van der Waals surface area contributed by atoms with Crippen molar-refractivity contribution in [2.45, 2.75) is 24.6 Å². The van der Waals surface area contributed by atoms with Crippen molar-refractivity contribution in [2.24, 2.45) is 5.84 Å². The number of thioether (sulfide) groups is 1. The lowest BCUT2D eigenvalue weighted by Gasteiger charge is -2.15. The molecular weight excluding hydrogens is 252 g/mol. The lowest BCUT2D eigenvalue weighted by atomic mass is 10.1. The fourth-order valence-electron chi connectivity index (χ4n) is 2.26. The highest BCUT2D eigenvalue weighted by Crippen LogP contribution is 2.37. The normalized spacial score (nSPS) is 20.6. The van der Waals surface area contributed by atoms with Crippen molar-refractivity contribution in [3.63, 3.8) is 0 Å². The molecule has 2 aliphatic heterocycles. The van der Waals surface area contributed by atoms with Crippen LogP contribution in [0.25, 0.3) is 0 Å². The molecular formula is C12H16N2OS2. The third-order valence-electron chi connectivity index (χ3n) is 3.11. The number of hydrogen-bond acceptors (Lipinski definition) is 5. The van der Waals surface area contributed by atoms with E-state index in [-0.39, 0.29) is 6.04 Å². The molecule has 0 radical (unpaired) electrons. The minimum Gasteiger partial charge on any atom is -0.496 e. The maximum atomic E-state index is 5.67. The van der Waals surface area contributed by atoms with Crippen molar-refractivity contribution in [1.29, 1.82) is 0 Å². The van der Waals surface area contributed by atoms with Crippen LogP contribution < -0.4 is 11.3 Å². The van der Waals surface area contributed by atoms with Gasteiger partial charge in [-0.2, -0.15) is 11.8 Å². The highest BCUT2D eigenvalue weighted by atomic mass is 32.2. The first-order valence-corrected chi connectivity index (χ1v) is 7.84. The van der Waals surface area contributed by atoms with Crippen molar-refractivity contribution >= 4 is 23.1 Å². The van der Waals surface area contributed by atoms with Crippen LogP contribution in [0, 0.1) is 0 Å². The number of hydrazine groups is 1. The minimum absolute atomic E-state index is 0.0399. The van der Waals surface area contributed by atoms with E-state index in [9.17, 15) is 0 Å². The predicted molar refractivity (Wildman–Crippen MR) is 72.9 cm³/mol. The summed E-state index contributed by atoms with van der Waals surface area (Å²) in [6.45, 7) is 0.786. The number of fused-ring (bicyclic) bond motifs is 1. The van der Waals surface area contributed by atoms with Crippen LogP contribution in [0.1, 0.15) is 27.8 Å². The Bertz CT molecular complexity index is 418. The largest absolute Gasteiger partial charge is 0.496 e. The molecule has 3 heterocycles. The number of nitrogens with one attached hydrogen (secondary N) is 1. The van der Waals surface area contributed by atoms with Crippen LogP contribution in [-0.4, -0.2) is 12.4 Å². The lowest BCUT2D eigenvalue weighted by molar-refractivity contribution is 0.216. The quantitative estimate of drug-likeness (QED) is 0.652. The molecule has 1 unspecified atom stereocenters. The van der Waals surface area contributed by atoms with Crippen molar-refractivity contribution in [1.82, 2.24) is 5.43 Å². The number of ether oxygens (including phenoxy) is 1. The molecule has 3 N–H and O–H groups in total. The van der Waals surface area contributed by atoms with Crippen molar-refractivity contribution in [2.75, 3.05) is 12.4 Å². The van der Waals surface area contributed by atoms with E-state index in [1.807, 2.05) is 23.1 Å². The third kappa shape index (κ3) is 2.25. The van der Waals surface area contributed by atoms with Crippen LogP contribution in [0.5, 0.6) is 0 Å². The molecule has 0 aliphatic carbocycles. The molecule has 0 spiro atoms. The maximum absolute atomic E-state index is 5.67. The van der Waals surface area contributed by atoms with Gasteiger partial charge in [-0.05, 0) is 29.9 Å². The van der Waals surface area contributed by atoms with Crippen LogP contribution >= 0.6 is 23.1 Å². The molecule has 0 saturated carbocycles. The Labute approximate surface area is 109 Å². The van der Waals surface area contributed by atoms with Crippen molar-refractivity contribution < 1.29 is 4.74 Å². The second-order valence-corrected chi connectivity index (χ2v) is 6.52. The third-order valence-corrected chi connectivity index (χ3v) is 5.42. The molecule has 2 aliphatic rings. The second-order valence-electron chi connectivity index (χ2n) is 4.24. The van der Waals surface area contributed by atoms with Crippen LogP contribution in [0.2, 0.25) is 0 Å². The Morgan fingerprint density at radius 1 is 1.47 bits per heavy atom. The summed E-state index contributed by atoms with van der Waals surface area (Å²) in [5.41, 5.74) is 4.37. The first-order chi connectivity index (χ1) is 8.38. The molecule has 1 aromatic heterocycles. The standard InChI is InChI=1S/C12H16N2OS2/c13-14-12(9-2-1-4-15-9)11-6-8-7-16-5-3-10(8)17-11/h2,6,12,14H,1,3-5,7,13H2. The molecule has 1 aromatic rings. The predicted octanol–water partition coefficient (Wildman–Crippen LogP) is 2.35. The van der Waals surface area contributed by atoms with Gasteiger partial charge in [0.05, 0.1) is 6.61 Å². The molecule has 0 fully saturated rings. The molecule has 0 amide bonds. The number of nitrogens with two attached hydrogens (primary N) is 1. The number of rotatable bonds is 3. The molecule has 0 bridgehead atoms. The zero-order chi connectivity index (χ0) is 11.7. The van der Waals surface area contributed by atoms with Gasteiger partial charge in [0.1, 0.15) is 11.8 Å². The fourth-order valence-corrected chi connectivity index (χ4v) is 4.70. The van der Waals surface area contributed by atoms with Gasteiger partial charge in [-0.1, -0.05) is 0 Å². The summed E-state index contributed by atoms with van der Waals surface area (Å²) in [7, 11) is 0. The molecule has 92 valence electrons. The van der Waals surface area contributed by atoms with Gasteiger partial charge in [0.25, 0.3) is 0 Å². The van der Waals surface area contributed by atoms with Crippen molar-refractivity contribution in [3.05, 3.63) is 33.2 Å². The Morgan fingerprint density at radius 3 is 3.12 bits per heavy atom. The molecule has 0 saturated heterocycles. The Morgan fingerprint density at radius 2 is 2.41 bits per heavy atom. The van der Waals surface area contributed by atoms with Gasteiger partial charge >= 0.3 is 0 Å².